The molecule has 0 saturated carbocycles. The van der Waals surface area contributed by atoms with Gasteiger partial charge in [-0.25, -0.2) is 18.9 Å². The number of sulfone groups is 1. The second-order valence-corrected chi connectivity index (χ2v) is 10.2. The molecule has 0 aliphatic heterocycles. The van der Waals surface area contributed by atoms with Crippen LogP contribution >= 0.6 is 0 Å². The van der Waals surface area contributed by atoms with Crippen molar-refractivity contribution in [1.29, 1.82) is 0 Å². The van der Waals surface area contributed by atoms with E-state index in [1.165, 1.54) is 29.2 Å². The Morgan fingerprint density at radius 2 is 1.82 bits per heavy atom. The molecule has 0 aliphatic rings. The molecule has 0 fully saturated rings. The fourth-order valence-corrected chi connectivity index (χ4v) is 3.96. The zero-order chi connectivity index (χ0) is 24.2. The molecule has 0 unspecified atom stereocenters. The molecular formula is C22H24N4O6S. The highest BCUT2D eigenvalue weighted by Crippen LogP contribution is 2.26. The van der Waals surface area contributed by atoms with Crippen molar-refractivity contribution in [2.75, 3.05) is 6.26 Å². The predicted octanol–water partition coefficient (Wildman–Crippen LogP) is 2.10. The standard InChI is InChI=1S/C22H24N4O6S/c1-15-20(24-11-10-23-15)32-18-6-4-16(5-7-18)17-8-12-26(19(27)14-17)13-9-22(2,21(28)25-29)33(3,30)31/h4-8,10-12,14,29H,9,13H2,1-3H3,(H,25,28)/t22-/m1/s1. The normalized spacial score (nSPS) is 13.2. The number of nitrogens with zero attached hydrogens (tertiary/aromatic N) is 3. The van der Waals surface area contributed by atoms with Crippen molar-refractivity contribution < 1.29 is 23.2 Å². The molecule has 0 saturated heterocycles. The monoisotopic (exact) mass is 472 g/mol. The highest BCUT2D eigenvalue weighted by molar-refractivity contribution is 7.92. The summed E-state index contributed by atoms with van der Waals surface area (Å²) < 4.78 is 29.3. The van der Waals surface area contributed by atoms with E-state index in [0.29, 0.717) is 22.9 Å². The van der Waals surface area contributed by atoms with Gasteiger partial charge in [-0.15, -0.1) is 0 Å². The van der Waals surface area contributed by atoms with Gasteiger partial charge in [-0.2, -0.15) is 0 Å². The minimum Gasteiger partial charge on any atom is -0.437 e. The van der Waals surface area contributed by atoms with Gasteiger partial charge in [0.1, 0.15) is 5.75 Å². The van der Waals surface area contributed by atoms with E-state index in [0.717, 1.165) is 11.8 Å². The summed E-state index contributed by atoms with van der Waals surface area (Å²) >= 11 is 0. The first kappa shape index (κ1) is 24.1. The van der Waals surface area contributed by atoms with Crippen molar-refractivity contribution in [3.05, 3.63) is 71.0 Å². The molecule has 174 valence electrons. The molecule has 3 rings (SSSR count). The van der Waals surface area contributed by atoms with E-state index in [1.807, 2.05) is 0 Å². The third-order valence-electron chi connectivity index (χ3n) is 5.46. The summed E-state index contributed by atoms with van der Waals surface area (Å²) in [5.41, 5.74) is 3.14. The van der Waals surface area contributed by atoms with Gasteiger partial charge in [0, 0.05) is 37.5 Å². The number of nitrogens with one attached hydrogen (secondary N) is 1. The van der Waals surface area contributed by atoms with E-state index in [-0.39, 0.29) is 18.5 Å². The number of hydrogen-bond donors (Lipinski definition) is 2. The second kappa shape index (κ2) is 9.51. The van der Waals surface area contributed by atoms with Crippen LogP contribution in [0, 0.1) is 6.92 Å². The summed E-state index contributed by atoms with van der Waals surface area (Å²) in [5, 5.41) is 8.92. The summed E-state index contributed by atoms with van der Waals surface area (Å²) in [6.45, 7) is 2.97. The smallest absolute Gasteiger partial charge is 0.264 e. The molecule has 0 radical (unpaired) electrons. The van der Waals surface area contributed by atoms with Gasteiger partial charge in [0.25, 0.3) is 11.5 Å². The van der Waals surface area contributed by atoms with Crippen LogP contribution in [0.3, 0.4) is 0 Å². The molecule has 1 atom stereocenters. The van der Waals surface area contributed by atoms with Crippen molar-refractivity contribution in [2.24, 2.45) is 0 Å². The van der Waals surface area contributed by atoms with Crippen molar-refractivity contribution >= 4 is 15.7 Å². The molecular weight excluding hydrogens is 448 g/mol. The Labute approximate surface area is 190 Å². The van der Waals surface area contributed by atoms with E-state index in [2.05, 4.69) is 9.97 Å². The zero-order valence-corrected chi connectivity index (χ0v) is 19.2. The minimum absolute atomic E-state index is 0.0274. The van der Waals surface area contributed by atoms with E-state index >= 15 is 0 Å². The van der Waals surface area contributed by atoms with Crippen molar-refractivity contribution in [3.8, 4) is 22.8 Å². The number of benzene rings is 1. The van der Waals surface area contributed by atoms with Crippen LogP contribution < -0.4 is 15.8 Å². The van der Waals surface area contributed by atoms with Crippen LogP contribution in [0.2, 0.25) is 0 Å². The Balaban J connectivity index is 1.76. The summed E-state index contributed by atoms with van der Waals surface area (Å²) in [6.07, 6.45) is 5.37. The highest BCUT2D eigenvalue weighted by atomic mass is 32.2. The van der Waals surface area contributed by atoms with E-state index in [9.17, 15) is 18.0 Å². The summed E-state index contributed by atoms with van der Waals surface area (Å²) in [4.78, 5) is 32.8. The number of rotatable bonds is 8. The number of hydrogen-bond acceptors (Lipinski definition) is 8. The van der Waals surface area contributed by atoms with Crippen LogP contribution in [0.1, 0.15) is 19.0 Å². The Morgan fingerprint density at radius 3 is 2.39 bits per heavy atom. The first-order valence-corrected chi connectivity index (χ1v) is 11.8. The maximum Gasteiger partial charge on any atom is 0.264 e. The number of carbonyl (C=O) groups excluding carboxylic acids is 1. The Bertz CT molecular complexity index is 1320. The Kier molecular flexibility index (Phi) is 6.94. The first-order valence-electron chi connectivity index (χ1n) is 9.96. The largest absolute Gasteiger partial charge is 0.437 e. The topological polar surface area (TPSA) is 140 Å². The fourth-order valence-electron chi connectivity index (χ4n) is 3.11. The lowest BCUT2D eigenvalue weighted by Gasteiger charge is -2.25. The number of ether oxygens (including phenoxy) is 1. The average molecular weight is 473 g/mol. The predicted molar refractivity (Wildman–Crippen MR) is 121 cm³/mol. The van der Waals surface area contributed by atoms with Crippen molar-refractivity contribution in [2.45, 2.75) is 31.6 Å². The van der Waals surface area contributed by atoms with Gasteiger partial charge in [-0.3, -0.25) is 19.8 Å². The number of hydroxylamine groups is 1. The Morgan fingerprint density at radius 1 is 1.15 bits per heavy atom. The second-order valence-electron chi connectivity index (χ2n) is 7.71. The lowest BCUT2D eigenvalue weighted by molar-refractivity contribution is -0.131. The quantitative estimate of drug-likeness (QED) is 0.375. The number of carbonyl (C=O) groups is 1. The number of aromatic nitrogens is 3. The summed E-state index contributed by atoms with van der Waals surface area (Å²) in [6, 6.07) is 10.2. The van der Waals surface area contributed by atoms with Crippen LogP contribution in [0.25, 0.3) is 11.1 Å². The maximum atomic E-state index is 12.6. The van der Waals surface area contributed by atoms with Gasteiger partial charge in [0.2, 0.25) is 5.88 Å². The van der Waals surface area contributed by atoms with Crippen LogP contribution in [0.5, 0.6) is 11.6 Å². The van der Waals surface area contributed by atoms with Crippen LogP contribution in [-0.2, 0) is 21.2 Å². The Hall–Kier alpha value is -3.57. The third-order valence-corrected chi connectivity index (χ3v) is 7.49. The molecule has 3 aromatic rings. The number of pyridine rings is 1. The molecule has 2 heterocycles. The average Bonchev–Trinajstić information content (AvgIpc) is 2.78. The molecule has 2 aromatic heterocycles. The lowest BCUT2D eigenvalue weighted by Crippen LogP contribution is -2.49. The van der Waals surface area contributed by atoms with Crippen LogP contribution in [0.15, 0.2) is 59.8 Å². The molecule has 1 amide bonds. The van der Waals surface area contributed by atoms with Gasteiger partial charge in [0.05, 0.1) is 5.69 Å². The van der Waals surface area contributed by atoms with E-state index in [1.54, 1.807) is 49.6 Å². The molecule has 10 nitrogen and oxygen atoms in total. The van der Waals surface area contributed by atoms with Gasteiger partial charge in [0.15, 0.2) is 14.6 Å². The maximum absolute atomic E-state index is 12.6. The summed E-state index contributed by atoms with van der Waals surface area (Å²) in [7, 11) is -3.85. The molecule has 0 aliphatic carbocycles. The minimum atomic E-state index is -3.85. The van der Waals surface area contributed by atoms with Crippen molar-refractivity contribution in [1.82, 2.24) is 20.0 Å². The van der Waals surface area contributed by atoms with Gasteiger partial charge in [-0.05, 0) is 49.6 Å². The number of amides is 1. The molecule has 2 N–H and O–H groups in total. The number of aryl methyl sites for hydroxylation is 2. The summed E-state index contributed by atoms with van der Waals surface area (Å²) in [5.74, 6) is -0.0737. The molecule has 33 heavy (non-hydrogen) atoms. The zero-order valence-electron chi connectivity index (χ0n) is 18.3. The third kappa shape index (κ3) is 5.26. The first-order chi connectivity index (χ1) is 15.5. The highest BCUT2D eigenvalue weighted by Gasteiger charge is 2.43. The van der Waals surface area contributed by atoms with Crippen LogP contribution in [-0.4, -0.2) is 45.1 Å². The lowest BCUT2D eigenvalue weighted by atomic mass is 10.1. The van der Waals surface area contributed by atoms with E-state index in [4.69, 9.17) is 9.94 Å². The van der Waals surface area contributed by atoms with E-state index < -0.39 is 20.5 Å². The van der Waals surface area contributed by atoms with Gasteiger partial charge in [-0.1, -0.05) is 12.1 Å². The SMILES string of the molecule is Cc1nccnc1Oc1ccc(-c2ccn(CC[C@](C)(C(=O)NO)S(C)(=O)=O)c(=O)c2)cc1. The fraction of sp³-hybridized carbons (Fsp3) is 0.273. The molecule has 0 bridgehead atoms. The molecule has 0 spiro atoms. The van der Waals surface area contributed by atoms with Crippen molar-refractivity contribution in [3.63, 3.8) is 0 Å². The van der Waals surface area contributed by atoms with Crippen LogP contribution in [0.4, 0.5) is 0 Å². The molecule has 11 heteroatoms. The van der Waals surface area contributed by atoms with Gasteiger partial charge < -0.3 is 9.30 Å². The molecule has 1 aromatic carbocycles. The van der Waals surface area contributed by atoms with Gasteiger partial charge >= 0.3 is 0 Å².